The van der Waals surface area contributed by atoms with Crippen molar-refractivity contribution in [3.63, 3.8) is 0 Å². The highest BCUT2D eigenvalue weighted by molar-refractivity contribution is 6.35. The Kier molecular flexibility index (Phi) is 2.13. The molecule has 0 aliphatic carbocycles. The first-order valence-corrected chi connectivity index (χ1v) is 6.15. The fourth-order valence-corrected chi connectivity index (χ4v) is 2.47. The largest absolute Gasteiger partial charge is 0.377 e. The van der Waals surface area contributed by atoms with E-state index in [1.165, 1.54) is 6.20 Å². The monoisotopic (exact) mass is 269 g/mol. The Hall–Kier alpha value is -1.33. The van der Waals surface area contributed by atoms with Crippen LogP contribution in [0.3, 0.4) is 0 Å². The van der Waals surface area contributed by atoms with Crippen LogP contribution >= 0.6 is 11.6 Å². The lowest BCUT2D eigenvalue weighted by Crippen LogP contribution is -2.44. The van der Waals surface area contributed by atoms with Crippen molar-refractivity contribution < 1.29 is 8.85 Å². The Labute approximate surface area is 115 Å². The third kappa shape index (κ3) is 1.83. The van der Waals surface area contributed by atoms with Gasteiger partial charge in [-0.3, -0.25) is 4.68 Å². The van der Waals surface area contributed by atoms with E-state index in [1.54, 1.807) is 6.07 Å². The second-order valence-corrected chi connectivity index (χ2v) is 4.78. The molecule has 96 valence electrons. The van der Waals surface area contributed by atoms with Gasteiger partial charge in [0.25, 0.3) is 0 Å². The SMILES string of the molecule is [2H]C([2H])([2H])n1ncc2nc(N3CCOC[C@H]3C)cc(Cl)c21. The fourth-order valence-electron chi connectivity index (χ4n) is 2.20. The van der Waals surface area contributed by atoms with Gasteiger partial charge in [0.15, 0.2) is 0 Å². The van der Waals surface area contributed by atoms with E-state index < -0.39 is 6.98 Å². The number of hydrogen-bond donors (Lipinski definition) is 0. The lowest BCUT2D eigenvalue weighted by molar-refractivity contribution is 0.0986. The van der Waals surface area contributed by atoms with Crippen LogP contribution in [-0.2, 0) is 11.7 Å². The molecule has 1 saturated heterocycles. The van der Waals surface area contributed by atoms with Gasteiger partial charge in [-0.1, -0.05) is 11.6 Å². The first kappa shape index (κ1) is 8.72. The van der Waals surface area contributed by atoms with Gasteiger partial charge in [-0.05, 0) is 6.92 Å². The number of morpholine rings is 1. The van der Waals surface area contributed by atoms with Crippen molar-refractivity contribution >= 4 is 28.5 Å². The molecule has 0 aromatic carbocycles. The summed E-state index contributed by atoms with van der Waals surface area (Å²) in [5.74, 6) is 0.716. The molecule has 0 unspecified atom stereocenters. The summed E-state index contributed by atoms with van der Waals surface area (Å²) in [5.41, 5.74) is 0.814. The highest BCUT2D eigenvalue weighted by Gasteiger charge is 2.21. The average molecular weight is 270 g/mol. The van der Waals surface area contributed by atoms with Gasteiger partial charge in [0.2, 0.25) is 0 Å². The minimum Gasteiger partial charge on any atom is -0.377 e. The summed E-state index contributed by atoms with van der Waals surface area (Å²) >= 11 is 6.27. The molecule has 3 heterocycles. The van der Waals surface area contributed by atoms with Crippen LogP contribution in [0.1, 0.15) is 11.0 Å². The maximum atomic E-state index is 7.47. The molecule has 5 nitrogen and oxygen atoms in total. The van der Waals surface area contributed by atoms with E-state index in [-0.39, 0.29) is 6.04 Å². The van der Waals surface area contributed by atoms with Crippen LogP contribution in [0.4, 0.5) is 5.82 Å². The molecule has 2 aromatic rings. The quantitative estimate of drug-likeness (QED) is 0.792. The van der Waals surface area contributed by atoms with Gasteiger partial charge in [-0.2, -0.15) is 5.10 Å². The summed E-state index contributed by atoms with van der Waals surface area (Å²) in [6.45, 7) is 1.66. The number of nitrogens with zero attached hydrogens (tertiary/aromatic N) is 4. The zero-order valence-corrected chi connectivity index (χ0v) is 10.7. The second-order valence-electron chi connectivity index (χ2n) is 4.37. The molecule has 1 aliphatic heterocycles. The van der Waals surface area contributed by atoms with E-state index >= 15 is 0 Å². The van der Waals surface area contributed by atoms with Crippen molar-refractivity contribution in [2.45, 2.75) is 13.0 Å². The topological polar surface area (TPSA) is 43.2 Å². The molecule has 18 heavy (non-hydrogen) atoms. The number of ether oxygens (including phenoxy) is 1. The number of pyridine rings is 1. The van der Waals surface area contributed by atoms with E-state index in [0.717, 1.165) is 11.2 Å². The molecule has 0 bridgehead atoms. The first-order valence-electron chi connectivity index (χ1n) is 7.27. The second kappa shape index (κ2) is 4.40. The number of fused-ring (bicyclic) bond motifs is 1. The Morgan fingerprint density at radius 3 is 3.28 bits per heavy atom. The summed E-state index contributed by atoms with van der Waals surface area (Å²) in [5, 5.41) is 4.23. The van der Waals surface area contributed by atoms with Crippen molar-refractivity contribution in [2.24, 2.45) is 6.98 Å². The van der Waals surface area contributed by atoms with Gasteiger partial charge < -0.3 is 9.64 Å². The van der Waals surface area contributed by atoms with Gasteiger partial charge in [0.05, 0.1) is 30.5 Å². The van der Waals surface area contributed by atoms with Crippen molar-refractivity contribution in [1.29, 1.82) is 0 Å². The zero-order valence-electron chi connectivity index (χ0n) is 12.9. The van der Waals surface area contributed by atoms with E-state index in [2.05, 4.69) is 15.0 Å². The molecule has 0 spiro atoms. The summed E-state index contributed by atoms with van der Waals surface area (Å²) in [6.07, 6.45) is 1.43. The van der Waals surface area contributed by atoms with Crippen LogP contribution in [0.5, 0.6) is 0 Å². The van der Waals surface area contributed by atoms with Gasteiger partial charge in [0, 0.05) is 23.7 Å². The Bertz CT molecular complexity index is 672. The lowest BCUT2D eigenvalue weighted by atomic mass is 10.2. The summed E-state index contributed by atoms with van der Waals surface area (Å²) in [4.78, 5) is 6.60. The number of halogens is 1. The van der Waals surface area contributed by atoms with Crippen LogP contribution in [0.2, 0.25) is 5.02 Å². The molecule has 1 atom stereocenters. The number of aromatic nitrogens is 3. The first-order chi connectivity index (χ1) is 9.88. The van der Waals surface area contributed by atoms with Gasteiger partial charge >= 0.3 is 0 Å². The van der Waals surface area contributed by atoms with Gasteiger partial charge in [-0.25, -0.2) is 4.98 Å². The van der Waals surface area contributed by atoms with E-state index in [9.17, 15) is 0 Å². The maximum absolute atomic E-state index is 7.47. The Balaban J connectivity index is 2.08. The molecule has 0 saturated carbocycles. The fraction of sp³-hybridized carbons (Fsp3) is 0.500. The number of hydrogen-bond acceptors (Lipinski definition) is 4. The van der Waals surface area contributed by atoms with Crippen molar-refractivity contribution in [2.75, 3.05) is 24.7 Å². The normalized spacial score (nSPS) is 23.8. The molecule has 0 N–H and O–H groups in total. The third-order valence-corrected chi connectivity index (χ3v) is 3.42. The molecule has 0 radical (unpaired) electrons. The molecular formula is C12H15ClN4O. The summed E-state index contributed by atoms with van der Waals surface area (Å²) < 4.78 is 28.8. The van der Waals surface area contributed by atoms with E-state index in [0.29, 0.717) is 35.1 Å². The molecule has 0 amide bonds. The third-order valence-electron chi connectivity index (χ3n) is 3.13. The molecule has 1 aliphatic rings. The van der Waals surface area contributed by atoms with Gasteiger partial charge in [-0.15, -0.1) is 0 Å². The molecule has 2 aromatic heterocycles. The molecular weight excluding hydrogens is 252 g/mol. The highest BCUT2D eigenvalue weighted by Crippen LogP contribution is 2.27. The number of aryl methyl sites for hydroxylation is 1. The summed E-state index contributed by atoms with van der Waals surface area (Å²) in [6, 6.07) is 1.88. The minimum atomic E-state index is -2.37. The number of rotatable bonds is 1. The van der Waals surface area contributed by atoms with Crippen LogP contribution in [0.15, 0.2) is 12.3 Å². The average Bonchev–Trinajstić information content (AvgIpc) is 2.83. The predicted molar refractivity (Wildman–Crippen MR) is 71.1 cm³/mol. The van der Waals surface area contributed by atoms with Crippen LogP contribution < -0.4 is 4.90 Å². The predicted octanol–water partition coefficient (Wildman–Crippen LogP) is 1.85. The van der Waals surface area contributed by atoms with Crippen molar-refractivity contribution in [1.82, 2.24) is 14.8 Å². The van der Waals surface area contributed by atoms with Crippen molar-refractivity contribution in [3.8, 4) is 0 Å². The standard InChI is InChI=1S/C12H15ClN4O/c1-8-7-18-4-3-17(8)11-5-9(13)12-10(15-11)6-14-16(12)2/h5-6,8H,3-4,7H2,1-2H3/t8-/m1/s1/i2D3. The zero-order chi connectivity index (χ0) is 15.2. The summed E-state index contributed by atoms with van der Waals surface area (Å²) in [7, 11) is 0. The minimum absolute atomic E-state index is 0.192. The van der Waals surface area contributed by atoms with E-state index in [1.807, 2.05) is 6.92 Å². The molecule has 6 heteroatoms. The Morgan fingerprint density at radius 1 is 1.61 bits per heavy atom. The smallest absolute Gasteiger partial charge is 0.131 e. The maximum Gasteiger partial charge on any atom is 0.131 e. The van der Waals surface area contributed by atoms with Crippen LogP contribution in [0, 0.1) is 0 Å². The van der Waals surface area contributed by atoms with Crippen molar-refractivity contribution in [3.05, 3.63) is 17.3 Å². The Morgan fingerprint density at radius 2 is 2.50 bits per heavy atom. The van der Waals surface area contributed by atoms with Crippen LogP contribution in [-0.4, -0.2) is 40.6 Å². The number of anilines is 1. The van der Waals surface area contributed by atoms with Crippen LogP contribution in [0.25, 0.3) is 11.0 Å². The molecule has 3 rings (SSSR count). The highest BCUT2D eigenvalue weighted by atomic mass is 35.5. The lowest BCUT2D eigenvalue weighted by Gasteiger charge is -2.34. The molecule has 1 fully saturated rings. The van der Waals surface area contributed by atoms with E-state index in [4.69, 9.17) is 20.5 Å². The van der Waals surface area contributed by atoms with Gasteiger partial charge in [0.1, 0.15) is 16.9 Å².